The van der Waals surface area contributed by atoms with Crippen LogP contribution in [0, 0.1) is 17.1 Å². The molecule has 13 heteroatoms. The lowest BCUT2D eigenvalue weighted by Crippen LogP contribution is -2.33. The number of benzene rings is 2. The van der Waals surface area contributed by atoms with E-state index in [1.54, 1.807) is 0 Å². The van der Waals surface area contributed by atoms with Crippen molar-refractivity contribution in [2.24, 2.45) is 7.05 Å². The summed E-state index contributed by atoms with van der Waals surface area (Å²) in [4.78, 5) is 36.7. The van der Waals surface area contributed by atoms with Crippen LogP contribution in [0.4, 0.5) is 4.39 Å². The van der Waals surface area contributed by atoms with Crippen molar-refractivity contribution in [1.29, 1.82) is 5.26 Å². The first kappa shape index (κ1) is 26.7. The van der Waals surface area contributed by atoms with Gasteiger partial charge in [-0.15, -0.1) is 0 Å². The van der Waals surface area contributed by atoms with Gasteiger partial charge < -0.3 is 14.2 Å². The molecule has 10 nitrogen and oxygen atoms in total. The van der Waals surface area contributed by atoms with Crippen molar-refractivity contribution >= 4 is 35.1 Å². The molecule has 0 aliphatic carbocycles. The fourth-order valence-corrected chi connectivity index (χ4v) is 3.69. The standard InChI is InChI=1S/C23H19Cl2FN4O6/c1-29-18(28-30(23(29)33)17(22(32)35-3)10-19(31)34-2)8-13-4-5-16(25)21(20(13)26)36-15-7-12(11-27)6-14(24)9-15/h4-7,9,17H,8,10H2,1-3H3. The summed E-state index contributed by atoms with van der Waals surface area (Å²) >= 11 is 12.1. The van der Waals surface area contributed by atoms with Crippen LogP contribution in [-0.4, -0.2) is 40.5 Å². The van der Waals surface area contributed by atoms with Gasteiger partial charge in [-0.2, -0.15) is 15.0 Å². The summed E-state index contributed by atoms with van der Waals surface area (Å²) in [5.74, 6) is -2.60. The molecule has 36 heavy (non-hydrogen) atoms. The molecule has 0 saturated carbocycles. The third-order valence-corrected chi connectivity index (χ3v) is 5.66. The molecule has 0 spiro atoms. The maximum Gasteiger partial charge on any atom is 0.346 e. The minimum Gasteiger partial charge on any atom is -0.469 e. The summed E-state index contributed by atoms with van der Waals surface area (Å²) in [7, 11) is 3.62. The summed E-state index contributed by atoms with van der Waals surface area (Å²) in [5, 5.41) is 13.4. The molecule has 1 unspecified atom stereocenters. The predicted octanol–water partition coefficient (Wildman–Crippen LogP) is 3.56. The van der Waals surface area contributed by atoms with E-state index in [9.17, 15) is 14.4 Å². The molecular formula is C23H19Cl2FN4O6. The third-order valence-electron chi connectivity index (χ3n) is 5.15. The van der Waals surface area contributed by atoms with Gasteiger partial charge in [0.25, 0.3) is 0 Å². The molecule has 0 aliphatic heterocycles. The first-order chi connectivity index (χ1) is 17.1. The molecule has 188 valence electrons. The topological polar surface area (TPSA) is 125 Å². The van der Waals surface area contributed by atoms with Crippen molar-refractivity contribution in [1.82, 2.24) is 14.3 Å². The van der Waals surface area contributed by atoms with Crippen LogP contribution < -0.4 is 10.4 Å². The summed E-state index contributed by atoms with van der Waals surface area (Å²) < 4.78 is 32.2. The van der Waals surface area contributed by atoms with Gasteiger partial charge in [0.05, 0.1) is 37.3 Å². The Morgan fingerprint density at radius 3 is 2.56 bits per heavy atom. The summed E-state index contributed by atoms with van der Waals surface area (Å²) in [6, 6.07) is 7.51. The number of ether oxygens (including phenoxy) is 3. The van der Waals surface area contributed by atoms with Gasteiger partial charge in [0.2, 0.25) is 0 Å². The lowest BCUT2D eigenvalue weighted by Gasteiger charge is -2.13. The summed E-state index contributed by atoms with van der Waals surface area (Å²) in [6.45, 7) is 0. The van der Waals surface area contributed by atoms with Crippen LogP contribution in [0.5, 0.6) is 11.5 Å². The average molecular weight is 537 g/mol. The highest BCUT2D eigenvalue weighted by Crippen LogP contribution is 2.35. The molecule has 0 N–H and O–H groups in total. The lowest BCUT2D eigenvalue weighted by molar-refractivity contribution is -0.151. The number of esters is 2. The molecule has 1 atom stereocenters. The molecule has 3 rings (SSSR count). The van der Waals surface area contributed by atoms with Gasteiger partial charge >= 0.3 is 17.6 Å². The van der Waals surface area contributed by atoms with Gasteiger partial charge in [-0.3, -0.25) is 9.36 Å². The first-order valence-electron chi connectivity index (χ1n) is 10.2. The van der Waals surface area contributed by atoms with E-state index < -0.39 is 35.9 Å². The molecule has 2 aromatic carbocycles. The van der Waals surface area contributed by atoms with Gasteiger partial charge in [0, 0.05) is 18.5 Å². The first-order valence-corrected chi connectivity index (χ1v) is 11.0. The van der Waals surface area contributed by atoms with E-state index in [4.69, 9.17) is 33.2 Å². The largest absolute Gasteiger partial charge is 0.469 e. The van der Waals surface area contributed by atoms with Gasteiger partial charge in [0.1, 0.15) is 11.6 Å². The molecular weight excluding hydrogens is 518 g/mol. The maximum atomic E-state index is 15.4. The zero-order chi connectivity index (χ0) is 26.6. The van der Waals surface area contributed by atoms with E-state index in [-0.39, 0.29) is 44.9 Å². The number of carbonyl (C=O) groups is 2. The van der Waals surface area contributed by atoms with E-state index in [0.29, 0.717) is 0 Å². The smallest absolute Gasteiger partial charge is 0.346 e. The van der Waals surface area contributed by atoms with Gasteiger partial charge in [-0.05, 0) is 29.8 Å². The zero-order valence-corrected chi connectivity index (χ0v) is 20.8. The number of halogens is 3. The Morgan fingerprint density at radius 1 is 1.19 bits per heavy atom. The average Bonchev–Trinajstić information content (AvgIpc) is 3.13. The van der Waals surface area contributed by atoms with Crippen molar-refractivity contribution in [3.05, 3.63) is 73.6 Å². The Labute approximate surface area is 214 Å². The SMILES string of the molecule is COC(=O)CC(C(=O)OC)n1nc(Cc2ccc(Cl)c(Oc3cc(Cl)cc(C#N)c3)c2F)n(C)c1=O. The quantitative estimate of drug-likeness (QED) is 0.400. The van der Waals surface area contributed by atoms with Crippen molar-refractivity contribution in [2.45, 2.75) is 18.9 Å². The molecule has 0 aliphatic rings. The van der Waals surface area contributed by atoms with Crippen LogP contribution in [-0.2, 0) is 32.5 Å². The van der Waals surface area contributed by atoms with E-state index >= 15 is 4.39 Å². The minimum atomic E-state index is -1.37. The molecule has 1 heterocycles. The van der Waals surface area contributed by atoms with Crippen LogP contribution in [0.25, 0.3) is 0 Å². The fourth-order valence-electron chi connectivity index (χ4n) is 3.28. The molecule has 1 aromatic heterocycles. The van der Waals surface area contributed by atoms with Crippen molar-refractivity contribution < 1.29 is 28.2 Å². The number of carbonyl (C=O) groups excluding carboxylic acids is 2. The fraction of sp³-hybridized carbons (Fsp3) is 0.261. The van der Waals surface area contributed by atoms with Crippen LogP contribution >= 0.6 is 23.2 Å². The van der Waals surface area contributed by atoms with E-state index in [2.05, 4.69) is 14.6 Å². The second-order valence-electron chi connectivity index (χ2n) is 7.44. The Kier molecular flexibility index (Phi) is 8.34. The number of rotatable bonds is 8. The van der Waals surface area contributed by atoms with Crippen molar-refractivity contribution in [3.63, 3.8) is 0 Å². The van der Waals surface area contributed by atoms with E-state index in [1.165, 1.54) is 37.4 Å². The van der Waals surface area contributed by atoms with E-state index in [0.717, 1.165) is 23.5 Å². The maximum absolute atomic E-state index is 15.4. The number of hydrogen-bond acceptors (Lipinski definition) is 8. The second kappa shape index (κ2) is 11.2. The minimum absolute atomic E-state index is 0.0435. The zero-order valence-electron chi connectivity index (χ0n) is 19.3. The Balaban J connectivity index is 1.98. The molecule has 0 amide bonds. The van der Waals surface area contributed by atoms with Gasteiger partial charge in [-0.1, -0.05) is 29.3 Å². The lowest BCUT2D eigenvalue weighted by atomic mass is 10.1. The molecule has 0 bridgehead atoms. The normalized spacial score (nSPS) is 11.5. The number of methoxy groups -OCH3 is 2. The Bertz CT molecular complexity index is 1430. The molecule has 0 radical (unpaired) electrons. The number of aromatic nitrogens is 3. The van der Waals surface area contributed by atoms with Crippen molar-refractivity contribution in [2.75, 3.05) is 14.2 Å². The molecule has 0 fully saturated rings. The third kappa shape index (κ3) is 5.67. The summed E-state index contributed by atoms with van der Waals surface area (Å²) in [5.41, 5.74) is -0.448. The Hall–Kier alpha value is -3.88. The van der Waals surface area contributed by atoms with Crippen LogP contribution in [0.3, 0.4) is 0 Å². The second-order valence-corrected chi connectivity index (χ2v) is 8.28. The van der Waals surface area contributed by atoms with Gasteiger partial charge in [-0.25, -0.2) is 14.0 Å². The molecule has 0 saturated heterocycles. The van der Waals surface area contributed by atoms with E-state index in [1.807, 2.05) is 6.07 Å². The van der Waals surface area contributed by atoms with Crippen molar-refractivity contribution in [3.8, 4) is 17.6 Å². The highest BCUT2D eigenvalue weighted by molar-refractivity contribution is 6.32. The van der Waals surface area contributed by atoms with Crippen LogP contribution in [0.2, 0.25) is 10.0 Å². The summed E-state index contributed by atoms with van der Waals surface area (Å²) in [6.07, 6.45) is -0.680. The Morgan fingerprint density at radius 2 is 1.92 bits per heavy atom. The van der Waals surface area contributed by atoms with Crippen LogP contribution in [0.1, 0.15) is 29.4 Å². The van der Waals surface area contributed by atoms with Crippen LogP contribution in [0.15, 0.2) is 35.1 Å². The monoisotopic (exact) mass is 536 g/mol. The highest BCUT2D eigenvalue weighted by atomic mass is 35.5. The number of hydrogen-bond donors (Lipinski definition) is 0. The highest BCUT2D eigenvalue weighted by Gasteiger charge is 2.30. The molecule has 3 aromatic rings. The van der Waals surface area contributed by atoms with Gasteiger partial charge in [0.15, 0.2) is 17.6 Å². The number of nitriles is 1. The number of nitrogens with zero attached hydrogens (tertiary/aromatic N) is 4. The predicted molar refractivity (Wildman–Crippen MR) is 126 cm³/mol.